The van der Waals surface area contributed by atoms with Gasteiger partial charge in [-0.2, -0.15) is 0 Å². The summed E-state index contributed by atoms with van der Waals surface area (Å²) in [6, 6.07) is 12.4. The summed E-state index contributed by atoms with van der Waals surface area (Å²) in [5.74, 6) is 1.02. The number of ether oxygens (including phenoxy) is 3. The number of carbonyl (C=O) groups excluding carboxylic acids is 1. The molecule has 0 spiro atoms. The number of halogens is 1. The Morgan fingerprint density at radius 2 is 2.00 bits per heavy atom. The van der Waals surface area contributed by atoms with E-state index >= 15 is 0 Å². The van der Waals surface area contributed by atoms with Crippen molar-refractivity contribution in [2.45, 2.75) is 33.4 Å². The Kier molecular flexibility index (Phi) is 7.31. The molecular formula is C27H27FN2O5. The first-order chi connectivity index (χ1) is 16.9. The second-order valence-electron chi connectivity index (χ2n) is 7.92. The maximum Gasteiger partial charge on any atom is 0.310 e. The number of carbonyl (C=O) groups is 1. The topological polar surface area (TPSA) is 96.8 Å². The highest BCUT2D eigenvalue weighted by Gasteiger charge is 2.17. The molecule has 0 amide bonds. The summed E-state index contributed by atoms with van der Waals surface area (Å²) in [7, 11) is 1.56. The molecule has 35 heavy (non-hydrogen) atoms. The lowest BCUT2D eigenvalue weighted by Crippen LogP contribution is -2.09. The molecule has 7 nitrogen and oxygen atoms in total. The highest BCUT2D eigenvalue weighted by molar-refractivity contribution is 5.87. The average molecular weight is 479 g/mol. The Morgan fingerprint density at radius 1 is 1.17 bits per heavy atom. The van der Waals surface area contributed by atoms with Crippen molar-refractivity contribution in [3.8, 4) is 22.6 Å². The van der Waals surface area contributed by atoms with Crippen LogP contribution >= 0.6 is 0 Å². The first-order valence-electron chi connectivity index (χ1n) is 11.3. The van der Waals surface area contributed by atoms with Crippen LogP contribution in [0.3, 0.4) is 0 Å². The molecule has 0 fully saturated rings. The number of furan rings is 1. The Balaban J connectivity index is 1.67. The van der Waals surface area contributed by atoms with Gasteiger partial charge in [-0.3, -0.25) is 9.78 Å². The number of aryl methyl sites for hydroxylation is 1. The standard InChI is InChI=1S/C27H27FN2O5/c1-4-33-26(31)12-18-5-7-19(32-3)13-25(18)34-15-22-16(2)35-24-8-6-17(11-21(22)24)20-9-10-30-23(14-29)27(20)28/h5-11,13H,4,12,14-15,29H2,1-3H3. The summed E-state index contributed by atoms with van der Waals surface area (Å²) in [6.45, 7) is 4.11. The van der Waals surface area contributed by atoms with Crippen molar-refractivity contribution in [3.05, 3.63) is 77.1 Å². The van der Waals surface area contributed by atoms with Crippen molar-refractivity contribution in [2.24, 2.45) is 5.73 Å². The smallest absolute Gasteiger partial charge is 0.310 e. The van der Waals surface area contributed by atoms with E-state index in [1.165, 1.54) is 0 Å². The molecule has 8 heteroatoms. The zero-order valence-corrected chi connectivity index (χ0v) is 19.9. The number of nitrogens with two attached hydrogens (primary N) is 1. The quantitative estimate of drug-likeness (QED) is 0.335. The number of fused-ring (bicyclic) bond motifs is 1. The molecule has 2 aromatic carbocycles. The molecule has 0 aliphatic carbocycles. The minimum atomic E-state index is -0.438. The van der Waals surface area contributed by atoms with Crippen LogP contribution in [-0.2, 0) is 29.1 Å². The van der Waals surface area contributed by atoms with E-state index in [4.69, 9.17) is 24.4 Å². The second kappa shape index (κ2) is 10.6. The van der Waals surface area contributed by atoms with Gasteiger partial charge in [0.2, 0.25) is 0 Å². The van der Waals surface area contributed by atoms with Crippen LogP contribution in [0.25, 0.3) is 22.1 Å². The summed E-state index contributed by atoms with van der Waals surface area (Å²) in [6.07, 6.45) is 1.62. The average Bonchev–Trinajstić information content (AvgIpc) is 3.17. The van der Waals surface area contributed by atoms with Gasteiger partial charge in [-0.05, 0) is 43.7 Å². The van der Waals surface area contributed by atoms with Gasteiger partial charge in [-0.1, -0.05) is 12.1 Å². The molecule has 4 aromatic rings. The summed E-state index contributed by atoms with van der Waals surface area (Å²) >= 11 is 0. The number of aromatic nitrogens is 1. The number of esters is 1. The number of pyridine rings is 1. The molecule has 0 aliphatic heterocycles. The van der Waals surface area contributed by atoms with Gasteiger partial charge < -0.3 is 24.4 Å². The Bertz CT molecular complexity index is 1370. The molecule has 2 N–H and O–H groups in total. The van der Waals surface area contributed by atoms with Crippen molar-refractivity contribution >= 4 is 16.9 Å². The van der Waals surface area contributed by atoms with Crippen LogP contribution in [-0.4, -0.2) is 24.7 Å². The lowest BCUT2D eigenvalue weighted by Gasteiger charge is -2.13. The zero-order chi connectivity index (χ0) is 24.9. The summed E-state index contributed by atoms with van der Waals surface area (Å²) in [5.41, 5.74) is 9.09. The van der Waals surface area contributed by atoms with Gasteiger partial charge in [-0.25, -0.2) is 4.39 Å². The van der Waals surface area contributed by atoms with E-state index < -0.39 is 5.82 Å². The summed E-state index contributed by atoms with van der Waals surface area (Å²) in [4.78, 5) is 16.1. The van der Waals surface area contributed by atoms with E-state index in [1.807, 2.05) is 13.0 Å². The lowest BCUT2D eigenvalue weighted by atomic mass is 10.0. The summed E-state index contributed by atoms with van der Waals surface area (Å²) < 4.78 is 37.3. The Morgan fingerprint density at radius 3 is 2.74 bits per heavy atom. The predicted octanol–water partition coefficient (Wildman–Crippen LogP) is 5.09. The maximum atomic E-state index is 14.9. The molecule has 0 saturated heterocycles. The van der Waals surface area contributed by atoms with E-state index in [0.717, 1.165) is 10.9 Å². The van der Waals surface area contributed by atoms with Crippen LogP contribution in [0.1, 0.15) is 29.5 Å². The molecule has 182 valence electrons. The highest BCUT2D eigenvalue weighted by Crippen LogP contribution is 2.33. The number of benzene rings is 2. The van der Waals surface area contributed by atoms with E-state index in [2.05, 4.69) is 4.98 Å². The van der Waals surface area contributed by atoms with Gasteiger partial charge in [0, 0.05) is 40.9 Å². The minimum Gasteiger partial charge on any atom is -0.497 e. The number of rotatable bonds is 9. The number of hydrogen-bond acceptors (Lipinski definition) is 7. The Labute approximate surface area is 202 Å². The maximum absolute atomic E-state index is 14.9. The highest BCUT2D eigenvalue weighted by atomic mass is 19.1. The molecule has 2 aromatic heterocycles. The molecule has 0 saturated carbocycles. The fourth-order valence-electron chi connectivity index (χ4n) is 3.93. The van der Waals surface area contributed by atoms with Gasteiger partial charge in [0.15, 0.2) is 5.82 Å². The third-order valence-corrected chi connectivity index (χ3v) is 5.74. The SMILES string of the molecule is CCOC(=O)Cc1ccc(OC)cc1OCc1c(C)oc2ccc(-c3ccnc(CN)c3F)cc12. The van der Waals surface area contributed by atoms with Crippen LogP contribution in [0.4, 0.5) is 4.39 Å². The van der Waals surface area contributed by atoms with Gasteiger partial charge in [0.05, 0.1) is 25.8 Å². The fourth-order valence-corrected chi connectivity index (χ4v) is 3.93. The van der Waals surface area contributed by atoms with Gasteiger partial charge >= 0.3 is 5.97 Å². The van der Waals surface area contributed by atoms with Crippen molar-refractivity contribution in [1.82, 2.24) is 4.98 Å². The molecule has 0 atom stereocenters. The molecular weight excluding hydrogens is 451 g/mol. The number of hydrogen-bond donors (Lipinski definition) is 1. The predicted molar refractivity (Wildman–Crippen MR) is 130 cm³/mol. The van der Waals surface area contributed by atoms with Crippen LogP contribution in [0, 0.1) is 12.7 Å². The summed E-state index contributed by atoms with van der Waals surface area (Å²) in [5, 5.41) is 0.806. The van der Waals surface area contributed by atoms with Crippen LogP contribution < -0.4 is 15.2 Å². The Hall–Kier alpha value is -3.91. The monoisotopic (exact) mass is 478 g/mol. The van der Waals surface area contributed by atoms with Crippen LogP contribution in [0.5, 0.6) is 11.5 Å². The third kappa shape index (κ3) is 5.12. The normalized spacial score (nSPS) is 11.0. The molecule has 4 rings (SSSR count). The van der Waals surface area contributed by atoms with Crippen LogP contribution in [0.15, 0.2) is 53.1 Å². The van der Waals surface area contributed by atoms with Crippen LogP contribution in [0.2, 0.25) is 0 Å². The van der Waals surface area contributed by atoms with E-state index in [9.17, 15) is 9.18 Å². The molecule has 0 unspecified atom stereocenters. The van der Waals surface area contributed by atoms with Gasteiger partial charge in [0.1, 0.15) is 29.4 Å². The van der Waals surface area contributed by atoms with Crippen molar-refractivity contribution in [2.75, 3.05) is 13.7 Å². The largest absolute Gasteiger partial charge is 0.497 e. The molecule has 0 radical (unpaired) electrons. The first-order valence-corrected chi connectivity index (χ1v) is 11.3. The number of nitrogens with zero attached hydrogens (tertiary/aromatic N) is 1. The van der Waals surface area contributed by atoms with E-state index in [1.54, 1.807) is 56.6 Å². The van der Waals surface area contributed by atoms with Gasteiger partial charge in [-0.15, -0.1) is 0 Å². The molecule has 0 aliphatic rings. The first kappa shape index (κ1) is 24.2. The zero-order valence-electron chi connectivity index (χ0n) is 19.9. The van der Waals surface area contributed by atoms with Crippen molar-refractivity contribution in [1.29, 1.82) is 0 Å². The minimum absolute atomic E-state index is 0.0144. The lowest BCUT2D eigenvalue weighted by molar-refractivity contribution is -0.142. The fraction of sp³-hybridized carbons (Fsp3) is 0.259. The van der Waals surface area contributed by atoms with Gasteiger partial charge in [0.25, 0.3) is 0 Å². The number of methoxy groups -OCH3 is 1. The van der Waals surface area contributed by atoms with Crippen molar-refractivity contribution < 1.29 is 27.8 Å². The molecule has 0 bridgehead atoms. The van der Waals surface area contributed by atoms with Crippen molar-refractivity contribution in [3.63, 3.8) is 0 Å². The van der Waals surface area contributed by atoms with E-state index in [0.29, 0.717) is 46.1 Å². The second-order valence-corrected chi connectivity index (χ2v) is 7.92. The van der Waals surface area contributed by atoms with E-state index in [-0.39, 0.29) is 31.2 Å². The molecule has 2 heterocycles. The third-order valence-electron chi connectivity index (χ3n) is 5.74.